The van der Waals surface area contributed by atoms with E-state index in [9.17, 15) is 14.7 Å². The van der Waals surface area contributed by atoms with Gasteiger partial charge in [-0.1, -0.05) is 18.2 Å². The fourth-order valence-corrected chi connectivity index (χ4v) is 2.06. The third-order valence-electron chi connectivity index (χ3n) is 3.16. The lowest BCUT2D eigenvalue weighted by Crippen LogP contribution is -2.46. The van der Waals surface area contributed by atoms with E-state index in [0.29, 0.717) is 12.2 Å². The summed E-state index contributed by atoms with van der Waals surface area (Å²) in [6.07, 6.45) is -0.588. The summed E-state index contributed by atoms with van der Waals surface area (Å²) in [5.41, 5.74) is 0. The molecule has 0 aliphatic carbocycles. The van der Waals surface area contributed by atoms with Crippen LogP contribution < -0.4 is 15.4 Å². The van der Waals surface area contributed by atoms with E-state index in [1.165, 1.54) is 0 Å². The van der Waals surface area contributed by atoms with Crippen molar-refractivity contribution in [3.05, 3.63) is 30.3 Å². The number of carbonyl (C=O) groups is 2. The molecule has 1 saturated heterocycles. The molecule has 3 atom stereocenters. The van der Waals surface area contributed by atoms with E-state index in [1.54, 1.807) is 19.1 Å². The summed E-state index contributed by atoms with van der Waals surface area (Å²) in [6.45, 7) is 1.85. The standard InChI is InChI=1S/C15H20N2O5/c1-10-7-13(14(19)22-10)17-15(20)16-8-11(18)9-21-12-5-3-2-4-6-12/h2-6,10-11,13,18H,7-9H2,1H3,(H2,16,17,20). The molecule has 0 aromatic heterocycles. The third kappa shape index (κ3) is 4.92. The van der Waals surface area contributed by atoms with Crippen LogP contribution in [0.25, 0.3) is 0 Å². The van der Waals surface area contributed by atoms with Crippen molar-refractivity contribution in [2.24, 2.45) is 0 Å². The number of amides is 2. The lowest BCUT2D eigenvalue weighted by Gasteiger charge is -2.14. The average molecular weight is 308 g/mol. The Morgan fingerprint density at radius 3 is 2.82 bits per heavy atom. The van der Waals surface area contributed by atoms with Gasteiger partial charge in [0.25, 0.3) is 0 Å². The zero-order valence-corrected chi connectivity index (χ0v) is 12.3. The summed E-state index contributed by atoms with van der Waals surface area (Å²) in [4.78, 5) is 23.0. The summed E-state index contributed by atoms with van der Waals surface area (Å²) in [5, 5.41) is 14.8. The first-order chi connectivity index (χ1) is 10.5. The first kappa shape index (κ1) is 16.1. The van der Waals surface area contributed by atoms with Crippen LogP contribution >= 0.6 is 0 Å². The average Bonchev–Trinajstić information content (AvgIpc) is 2.82. The van der Waals surface area contributed by atoms with Crippen molar-refractivity contribution < 1.29 is 24.2 Å². The minimum atomic E-state index is -0.847. The normalized spacial score (nSPS) is 21.8. The van der Waals surface area contributed by atoms with E-state index in [1.807, 2.05) is 18.2 Å². The Labute approximate surface area is 128 Å². The van der Waals surface area contributed by atoms with Gasteiger partial charge in [-0.05, 0) is 19.1 Å². The number of urea groups is 1. The van der Waals surface area contributed by atoms with Gasteiger partial charge in [0.15, 0.2) is 0 Å². The van der Waals surface area contributed by atoms with E-state index >= 15 is 0 Å². The highest BCUT2D eigenvalue weighted by molar-refractivity contribution is 5.84. The number of aliphatic hydroxyl groups is 1. The van der Waals surface area contributed by atoms with Crippen molar-refractivity contribution in [1.29, 1.82) is 0 Å². The number of rotatable bonds is 6. The van der Waals surface area contributed by atoms with Crippen LogP contribution in [0.5, 0.6) is 5.75 Å². The van der Waals surface area contributed by atoms with E-state index < -0.39 is 24.1 Å². The van der Waals surface area contributed by atoms with Crippen molar-refractivity contribution in [1.82, 2.24) is 10.6 Å². The Balaban J connectivity index is 1.64. The highest BCUT2D eigenvalue weighted by atomic mass is 16.6. The largest absolute Gasteiger partial charge is 0.491 e. The van der Waals surface area contributed by atoms with Crippen molar-refractivity contribution in [3.63, 3.8) is 0 Å². The van der Waals surface area contributed by atoms with E-state index in [4.69, 9.17) is 9.47 Å². The highest BCUT2D eigenvalue weighted by Crippen LogP contribution is 2.13. The van der Waals surface area contributed by atoms with Gasteiger partial charge in [-0.25, -0.2) is 9.59 Å². The number of aliphatic hydroxyl groups excluding tert-OH is 1. The van der Waals surface area contributed by atoms with Crippen LogP contribution in [0.1, 0.15) is 13.3 Å². The maximum Gasteiger partial charge on any atom is 0.329 e. The fraction of sp³-hybridized carbons (Fsp3) is 0.467. The molecule has 120 valence electrons. The van der Waals surface area contributed by atoms with Gasteiger partial charge in [-0.15, -0.1) is 0 Å². The molecule has 2 amide bonds. The lowest BCUT2D eigenvalue weighted by atomic mass is 10.2. The molecule has 0 radical (unpaired) electrons. The van der Waals surface area contributed by atoms with Gasteiger partial charge in [-0.3, -0.25) is 0 Å². The summed E-state index contributed by atoms with van der Waals surface area (Å²) in [5.74, 6) is 0.212. The number of carbonyl (C=O) groups excluding carboxylic acids is 2. The van der Waals surface area contributed by atoms with Crippen LogP contribution in [0.2, 0.25) is 0 Å². The molecule has 7 nitrogen and oxygen atoms in total. The Hall–Kier alpha value is -2.28. The lowest BCUT2D eigenvalue weighted by molar-refractivity contribution is -0.142. The van der Waals surface area contributed by atoms with Gasteiger partial charge in [0, 0.05) is 13.0 Å². The Kier molecular flexibility index (Phi) is 5.60. The number of nitrogens with one attached hydrogen (secondary N) is 2. The minimum Gasteiger partial charge on any atom is -0.491 e. The monoisotopic (exact) mass is 308 g/mol. The molecule has 1 heterocycles. The van der Waals surface area contributed by atoms with Gasteiger partial charge in [-0.2, -0.15) is 0 Å². The second-order valence-corrected chi connectivity index (χ2v) is 5.17. The van der Waals surface area contributed by atoms with Crippen LogP contribution in [-0.2, 0) is 9.53 Å². The molecular formula is C15H20N2O5. The van der Waals surface area contributed by atoms with Crippen molar-refractivity contribution in [2.45, 2.75) is 31.6 Å². The van der Waals surface area contributed by atoms with Crippen LogP contribution in [0.4, 0.5) is 4.79 Å². The second-order valence-electron chi connectivity index (χ2n) is 5.17. The third-order valence-corrected chi connectivity index (χ3v) is 3.16. The van der Waals surface area contributed by atoms with Gasteiger partial charge in [0.1, 0.15) is 30.6 Å². The molecule has 3 N–H and O–H groups in total. The van der Waals surface area contributed by atoms with Gasteiger partial charge < -0.3 is 25.2 Å². The molecule has 7 heteroatoms. The van der Waals surface area contributed by atoms with Gasteiger partial charge >= 0.3 is 12.0 Å². The Morgan fingerprint density at radius 2 is 2.18 bits per heavy atom. The quantitative estimate of drug-likeness (QED) is 0.662. The van der Waals surface area contributed by atoms with Crippen LogP contribution in [0, 0.1) is 0 Å². The SMILES string of the molecule is CC1CC(NC(=O)NCC(O)COc2ccccc2)C(=O)O1. The molecule has 1 aromatic rings. The second kappa shape index (κ2) is 7.65. The maximum absolute atomic E-state index is 11.6. The van der Waals surface area contributed by atoms with E-state index in [-0.39, 0.29) is 19.3 Å². The summed E-state index contributed by atoms with van der Waals surface area (Å²) in [6, 6.07) is 7.93. The molecular weight excluding hydrogens is 288 g/mol. The molecule has 3 unspecified atom stereocenters. The summed E-state index contributed by atoms with van der Waals surface area (Å²) in [7, 11) is 0. The number of hydrogen-bond donors (Lipinski definition) is 3. The summed E-state index contributed by atoms with van der Waals surface area (Å²) >= 11 is 0. The predicted molar refractivity (Wildman–Crippen MR) is 78.4 cm³/mol. The number of hydrogen-bond acceptors (Lipinski definition) is 5. The van der Waals surface area contributed by atoms with Gasteiger partial charge in [0.2, 0.25) is 0 Å². The topological polar surface area (TPSA) is 96.9 Å². The highest BCUT2D eigenvalue weighted by Gasteiger charge is 2.32. The van der Waals surface area contributed by atoms with Crippen molar-refractivity contribution in [2.75, 3.05) is 13.2 Å². The maximum atomic E-state index is 11.6. The predicted octanol–water partition coefficient (Wildman–Crippen LogP) is 0.429. The molecule has 22 heavy (non-hydrogen) atoms. The smallest absolute Gasteiger partial charge is 0.329 e. The van der Waals surface area contributed by atoms with E-state index in [2.05, 4.69) is 10.6 Å². The number of cyclic esters (lactones) is 1. The molecule has 2 rings (SSSR count). The van der Waals surface area contributed by atoms with Crippen LogP contribution in [0.15, 0.2) is 30.3 Å². The number of esters is 1. The first-order valence-electron chi connectivity index (χ1n) is 7.15. The molecule has 1 fully saturated rings. The number of para-hydroxylation sites is 1. The summed E-state index contributed by atoms with van der Waals surface area (Å²) < 4.78 is 10.3. The molecule has 0 spiro atoms. The van der Waals surface area contributed by atoms with Crippen LogP contribution in [-0.4, -0.2) is 48.5 Å². The molecule has 1 aliphatic rings. The molecule has 0 bridgehead atoms. The van der Waals surface area contributed by atoms with Crippen molar-refractivity contribution >= 4 is 12.0 Å². The molecule has 0 saturated carbocycles. The van der Waals surface area contributed by atoms with Crippen LogP contribution in [0.3, 0.4) is 0 Å². The fourth-order valence-electron chi connectivity index (χ4n) is 2.06. The Bertz CT molecular complexity index is 508. The number of benzene rings is 1. The number of ether oxygens (including phenoxy) is 2. The molecule has 1 aliphatic heterocycles. The Morgan fingerprint density at radius 1 is 1.45 bits per heavy atom. The van der Waals surface area contributed by atoms with Gasteiger partial charge in [0.05, 0.1) is 0 Å². The zero-order valence-electron chi connectivity index (χ0n) is 12.3. The molecule has 1 aromatic carbocycles. The van der Waals surface area contributed by atoms with Crippen molar-refractivity contribution in [3.8, 4) is 5.75 Å². The minimum absolute atomic E-state index is 0.0238. The zero-order chi connectivity index (χ0) is 15.9. The van der Waals surface area contributed by atoms with E-state index in [0.717, 1.165) is 0 Å². The first-order valence-corrected chi connectivity index (χ1v) is 7.15.